The zero-order chi connectivity index (χ0) is 19.6. The van der Waals surface area contributed by atoms with Crippen molar-refractivity contribution in [3.63, 3.8) is 0 Å². The van der Waals surface area contributed by atoms with Crippen LogP contribution in [0.3, 0.4) is 0 Å². The first-order valence-electron chi connectivity index (χ1n) is 8.62. The molecule has 8 heteroatoms. The van der Waals surface area contributed by atoms with Gasteiger partial charge < -0.3 is 10.1 Å². The summed E-state index contributed by atoms with van der Waals surface area (Å²) in [4.78, 5) is 49.9. The lowest BCUT2D eigenvalue weighted by Gasteiger charge is -2.21. The number of carbonyl (C=O) groups excluding carboxylic acids is 4. The number of hydrogen-bond acceptors (Lipinski definition) is 5. The number of allylic oxidation sites excluding steroid dienone is 2. The van der Waals surface area contributed by atoms with E-state index in [0.717, 1.165) is 11.0 Å². The summed E-state index contributed by atoms with van der Waals surface area (Å²) in [5, 5.41) is 2.39. The van der Waals surface area contributed by atoms with Gasteiger partial charge in [-0.3, -0.25) is 19.3 Å². The van der Waals surface area contributed by atoms with Crippen LogP contribution in [0.25, 0.3) is 0 Å². The number of nitrogens with one attached hydrogen (secondary N) is 1. The molecule has 3 amide bonds. The predicted octanol–water partition coefficient (Wildman–Crippen LogP) is 1.65. The van der Waals surface area contributed by atoms with E-state index in [1.54, 1.807) is 0 Å². The Kier molecular flexibility index (Phi) is 5.34. The van der Waals surface area contributed by atoms with Gasteiger partial charge in [0, 0.05) is 5.69 Å². The van der Waals surface area contributed by atoms with Gasteiger partial charge in [0.15, 0.2) is 6.61 Å². The molecule has 142 valence electrons. The van der Waals surface area contributed by atoms with E-state index in [-0.39, 0.29) is 17.5 Å². The molecule has 7 nitrogen and oxygen atoms in total. The summed E-state index contributed by atoms with van der Waals surface area (Å²) in [7, 11) is 0. The third-order valence-corrected chi connectivity index (χ3v) is 4.72. The smallest absolute Gasteiger partial charge is 0.329 e. The highest BCUT2D eigenvalue weighted by atomic mass is 19.1. The van der Waals surface area contributed by atoms with E-state index >= 15 is 0 Å². The Morgan fingerprint density at radius 3 is 2.44 bits per heavy atom. The minimum absolute atomic E-state index is 0.227. The molecule has 1 fully saturated rings. The van der Waals surface area contributed by atoms with Crippen LogP contribution < -0.4 is 5.32 Å². The Morgan fingerprint density at radius 2 is 1.85 bits per heavy atom. The Balaban J connectivity index is 1.55. The molecule has 27 heavy (non-hydrogen) atoms. The van der Waals surface area contributed by atoms with Gasteiger partial charge in [0.2, 0.25) is 11.8 Å². The zero-order valence-corrected chi connectivity index (χ0v) is 14.7. The molecule has 1 saturated heterocycles. The Bertz CT molecular complexity index is 796. The molecule has 2 aliphatic rings. The number of imide groups is 1. The first-order valence-corrected chi connectivity index (χ1v) is 8.62. The summed E-state index contributed by atoms with van der Waals surface area (Å²) in [6.07, 6.45) is 4.66. The van der Waals surface area contributed by atoms with Gasteiger partial charge in [-0.25, -0.2) is 9.18 Å². The number of hydrogen-bond donors (Lipinski definition) is 1. The number of carbonyl (C=O) groups is 4. The van der Waals surface area contributed by atoms with E-state index < -0.39 is 42.2 Å². The number of ether oxygens (including phenoxy) is 1. The Morgan fingerprint density at radius 1 is 1.22 bits per heavy atom. The monoisotopic (exact) mass is 374 g/mol. The number of anilines is 1. The number of rotatable bonds is 5. The first kappa shape index (κ1) is 18.8. The lowest BCUT2D eigenvalue weighted by molar-refractivity contribution is -0.159. The van der Waals surface area contributed by atoms with Crippen molar-refractivity contribution in [1.82, 2.24) is 4.90 Å². The summed E-state index contributed by atoms with van der Waals surface area (Å²) in [6, 6.07) is 4.16. The van der Waals surface area contributed by atoms with Crippen molar-refractivity contribution in [2.24, 2.45) is 11.8 Å². The quantitative estimate of drug-likeness (QED) is 0.481. The van der Waals surface area contributed by atoms with Crippen molar-refractivity contribution in [1.29, 1.82) is 0 Å². The van der Waals surface area contributed by atoms with Crippen molar-refractivity contribution in [2.75, 3.05) is 11.9 Å². The number of fused-ring (bicyclic) bond motifs is 1. The van der Waals surface area contributed by atoms with Gasteiger partial charge in [0.25, 0.3) is 5.91 Å². The average molecular weight is 374 g/mol. The van der Waals surface area contributed by atoms with E-state index in [2.05, 4.69) is 5.32 Å². The number of amides is 3. The van der Waals surface area contributed by atoms with Gasteiger partial charge in [-0.2, -0.15) is 0 Å². The first-order chi connectivity index (χ1) is 12.9. The minimum Gasteiger partial charge on any atom is -0.454 e. The van der Waals surface area contributed by atoms with Crippen LogP contribution in [0.15, 0.2) is 36.4 Å². The highest BCUT2D eigenvalue weighted by molar-refractivity contribution is 6.08. The molecule has 0 aromatic heterocycles. The van der Waals surface area contributed by atoms with Crippen molar-refractivity contribution in [3.05, 3.63) is 42.2 Å². The molecule has 1 heterocycles. The molecule has 3 atom stereocenters. The van der Waals surface area contributed by atoms with Gasteiger partial charge in [-0.15, -0.1) is 0 Å². The van der Waals surface area contributed by atoms with Crippen molar-refractivity contribution in [2.45, 2.75) is 25.8 Å². The highest BCUT2D eigenvalue weighted by Gasteiger charge is 2.50. The maximum absolute atomic E-state index is 13.1. The molecule has 3 rings (SSSR count). The second-order valence-corrected chi connectivity index (χ2v) is 6.54. The topological polar surface area (TPSA) is 92.8 Å². The van der Waals surface area contributed by atoms with Crippen LogP contribution in [-0.4, -0.2) is 41.2 Å². The zero-order valence-electron chi connectivity index (χ0n) is 14.7. The summed E-state index contributed by atoms with van der Waals surface area (Å²) < 4.78 is 18.0. The molecule has 1 aromatic rings. The molecular formula is C19H19FN2O5. The number of halogens is 1. The molecule has 0 spiro atoms. The fourth-order valence-electron chi connectivity index (χ4n) is 3.33. The second kappa shape index (κ2) is 7.69. The van der Waals surface area contributed by atoms with Gasteiger partial charge >= 0.3 is 5.97 Å². The van der Waals surface area contributed by atoms with Gasteiger partial charge in [-0.05, 0) is 38.0 Å². The fourth-order valence-corrected chi connectivity index (χ4v) is 3.33. The van der Waals surface area contributed by atoms with Crippen LogP contribution in [0, 0.1) is 17.7 Å². The third kappa shape index (κ3) is 3.89. The van der Waals surface area contributed by atoms with E-state index in [9.17, 15) is 23.6 Å². The lowest BCUT2D eigenvalue weighted by Crippen LogP contribution is -2.45. The molecule has 1 aromatic carbocycles. The third-order valence-electron chi connectivity index (χ3n) is 4.72. The Labute approximate surface area is 155 Å². The van der Waals surface area contributed by atoms with Crippen LogP contribution in [0.1, 0.15) is 19.8 Å². The maximum Gasteiger partial charge on any atom is 0.329 e. The van der Waals surface area contributed by atoms with E-state index in [4.69, 9.17) is 4.74 Å². The van der Waals surface area contributed by atoms with Gasteiger partial charge in [0.1, 0.15) is 11.9 Å². The number of nitrogens with zero attached hydrogens (tertiary/aromatic N) is 1. The second-order valence-electron chi connectivity index (χ2n) is 6.54. The van der Waals surface area contributed by atoms with E-state index in [1.807, 2.05) is 12.2 Å². The van der Waals surface area contributed by atoms with Crippen molar-refractivity contribution < 1.29 is 28.3 Å². The Hall–Kier alpha value is -3.03. The lowest BCUT2D eigenvalue weighted by atomic mass is 9.85. The van der Waals surface area contributed by atoms with E-state index in [1.165, 1.54) is 25.1 Å². The average Bonchev–Trinajstić information content (AvgIpc) is 2.90. The molecule has 0 radical (unpaired) electrons. The van der Waals surface area contributed by atoms with Crippen LogP contribution in [0.2, 0.25) is 0 Å². The van der Waals surface area contributed by atoms with Crippen molar-refractivity contribution >= 4 is 29.4 Å². The molecule has 1 aliphatic heterocycles. The molecule has 1 aliphatic carbocycles. The molecular weight excluding hydrogens is 355 g/mol. The predicted molar refractivity (Wildman–Crippen MR) is 92.7 cm³/mol. The summed E-state index contributed by atoms with van der Waals surface area (Å²) in [5.74, 6) is -3.66. The minimum atomic E-state index is -1.11. The molecule has 0 saturated carbocycles. The largest absolute Gasteiger partial charge is 0.454 e. The summed E-state index contributed by atoms with van der Waals surface area (Å²) in [5.41, 5.74) is 0.227. The van der Waals surface area contributed by atoms with E-state index in [0.29, 0.717) is 12.8 Å². The van der Waals surface area contributed by atoms with Crippen molar-refractivity contribution in [3.8, 4) is 0 Å². The van der Waals surface area contributed by atoms with Crippen LogP contribution in [0.4, 0.5) is 10.1 Å². The van der Waals surface area contributed by atoms with Gasteiger partial charge in [0.05, 0.1) is 11.8 Å². The van der Waals surface area contributed by atoms with Crippen LogP contribution in [0.5, 0.6) is 0 Å². The van der Waals surface area contributed by atoms with Crippen LogP contribution in [-0.2, 0) is 23.9 Å². The fraction of sp³-hybridized carbons (Fsp3) is 0.368. The number of benzene rings is 1. The standard InChI is InChI=1S/C19H19FN2O5/c1-11(22-17(24)14-7-2-3-8-15(14)18(22)25)19(26)27-10-16(23)21-13-6-4-5-12(20)9-13/h2-6,9,11,14-15H,7-8,10H2,1H3,(H,21,23)/t11-,14-,15+/m0/s1. The molecule has 0 unspecified atom stereocenters. The molecule has 1 N–H and O–H groups in total. The number of esters is 1. The maximum atomic E-state index is 13.1. The summed E-state index contributed by atoms with van der Waals surface area (Å²) >= 11 is 0. The normalized spacial score (nSPS) is 22.4. The summed E-state index contributed by atoms with van der Waals surface area (Å²) in [6.45, 7) is 0.789. The highest BCUT2D eigenvalue weighted by Crippen LogP contribution is 2.36. The van der Waals surface area contributed by atoms with Gasteiger partial charge in [-0.1, -0.05) is 18.2 Å². The SMILES string of the molecule is C[C@@H](C(=O)OCC(=O)Nc1cccc(F)c1)N1C(=O)[C@H]2CC=CC[C@H]2C1=O. The molecule has 0 bridgehead atoms. The van der Waals surface area contributed by atoms with Crippen LogP contribution >= 0.6 is 0 Å². The number of likely N-dealkylation sites (tertiary alicyclic amines) is 1.